The summed E-state index contributed by atoms with van der Waals surface area (Å²) in [7, 11) is 0. The molecule has 0 saturated carbocycles. The minimum absolute atomic E-state index is 1.06. The molecule has 0 amide bonds. The van der Waals surface area contributed by atoms with E-state index in [1.807, 2.05) is 12.3 Å². The summed E-state index contributed by atoms with van der Waals surface area (Å²) in [6.45, 7) is 2.08. The number of hydrogen-bond donors (Lipinski definition) is 0. The number of halogens is 1. The van der Waals surface area contributed by atoms with Gasteiger partial charge in [0.05, 0.1) is 8.79 Å². The molecule has 0 aliphatic rings. The van der Waals surface area contributed by atoms with Crippen LogP contribution in [0.2, 0.25) is 0 Å². The van der Waals surface area contributed by atoms with Gasteiger partial charge in [0, 0.05) is 6.20 Å². The molecule has 1 nitrogen and oxygen atoms in total. The molecule has 1 aromatic heterocycles. The van der Waals surface area contributed by atoms with E-state index in [4.69, 9.17) is 0 Å². The van der Waals surface area contributed by atoms with Gasteiger partial charge >= 0.3 is 0 Å². The van der Waals surface area contributed by atoms with E-state index >= 15 is 0 Å². The second-order valence-electron chi connectivity index (χ2n) is 1.92. The summed E-state index contributed by atoms with van der Waals surface area (Å²) in [5, 5.41) is 1.12. The fourth-order valence-corrected chi connectivity index (χ4v) is 2.12. The number of hydrogen-bond acceptors (Lipinski definition) is 2. The molecule has 0 aliphatic carbocycles. The van der Waals surface area contributed by atoms with Gasteiger partial charge in [-0.1, -0.05) is 34.4 Å². The fraction of sp³-hybridized carbons (Fsp3) is 0.286. The number of pyridine rings is 1. The summed E-state index contributed by atoms with van der Waals surface area (Å²) in [4.78, 5) is 4.19. The highest BCUT2D eigenvalue weighted by Gasteiger charge is 1.91. The normalized spacial score (nSPS) is 9.80. The Balaban J connectivity index is 2.75. The second kappa shape index (κ2) is 4.18. The molecule has 0 aliphatic heterocycles. The third-order valence-electron chi connectivity index (χ3n) is 1.09. The van der Waals surface area contributed by atoms with Crippen molar-refractivity contribution in [2.24, 2.45) is 0 Å². The molecule has 10 heavy (non-hydrogen) atoms. The fourth-order valence-electron chi connectivity index (χ4n) is 0.643. The summed E-state index contributed by atoms with van der Waals surface area (Å²) in [5.74, 6) is 0. The van der Waals surface area contributed by atoms with Crippen LogP contribution in [0.15, 0.2) is 23.4 Å². The van der Waals surface area contributed by atoms with Crippen LogP contribution in [0.3, 0.4) is 0 Å². The van der Waals surface area contributed by atoms with Crippen molar-refractivity contribution in [2.75, 3.05) is 3.76 Å². The molecule has 3 heteroatoms. The van der Waals surface area contributed by atoms with Crippen molar-refractivity contribution >= 4 is 34.4 Å². The maximum absolute atomic E-state index is 4.19. The topological polar surface area (TPSA) is 12.9 Å². The molecule has 0 N–H and O–H groups in total. The number of aryl methyl sites for hydroxylation is 1. The zero-order valence-corrected chi connectivity index (χ0v) is 8.65. The van der Waals surface area contributed by atoms with Crippen LogP contribution >= 0.6 is 34.4 Å². The molecule has 0 atom stereocenters. The van der Waals surface area contributed by atoms with Gasteiger partial charge in [-0.05, 0) is 24.6 Å². The first-order valence-corrected chi connectivity index (χ1v) is 5.45. The lowest BCUT2D eigenvalue weighted by Crippen LogP contribution is -1.79. The predicted molar refractivity (Wildman–Crippen MR) is 53.7 cm³/mol. The largest absolute Gasteiger partial charge is 0.250 e. The van der Waals surface area contributed by atoms with Crippen molar-refractivity contribution in [1.82, 2.24) is 4.98 Å². The number of rotatable bonds is 2. The molecular weight excluding hydrogens is 257 g/mol. The summed E-state index contributed by atoms with van der Waals surface area (Å²) in [6, 6.07) is 4.11. The summed E-state index contributed by atoms with van der Waals surface area (Å²) < 4.78 is 1.06. The van der Waals surface area contributed by atoms with Crippen molar-refractivity contribution in [1.29, 1.82) is 0 Å². The molecule has 54 valence electrons. The third-order valence-corrected chi connectivity index (χ3v) is 2.66. The molecule has 0 bridgehead atoms. The average molecular weight is 265 g/mol. The maximum Gasteiger partial charge on any atom is 0.0969 e. The lowest BCUT2D eigenvalue weighted by Gasteiger charge is -1.95. The summed E-state index contributed by atoms with van der Waals surface area (Å²) in [6.07, 6.45) is 1.85. The van der Waals surface area contributed by atoms with Crippen molar-refractivity contribution < 1.29 is 0 Å². The molecule has 0 spiro atoms. The van der Waals surface area contributed by atoms with E-state index in [0.29, 0.717) is 0 Å². The zero-order chi connectivity index (χ0) is 7.40. The van der Waals surface area contributed by atoms with Gasteiger partial charge in [-0.2, -0.15) is 0 Å². The smallest absolute Gasteiger partial charge is 0.0969 e. The molecule has 0 unspecified atom stereocenters. The highest BCUT2D eigenvalue weighted by molar-refractivity contribution is 14.1. The molecule has 0 aromatic carbocycles. The minimum Gasteiger partial charge on any atom is -0.250 e. The van der Waals surface area contributed by atoms with Crippen molar-refractivity contribution in [2.45, 2.75) is 11.9 Å². The zero-order valence-electron chi connectivity index (χ0n) is 5.67. The molecule has 0 fully saturated rings. The van der Waals surface area contributed by atoms with Crippen LogP contribution in [0.5, 0.6) is 0 Å². The summed E-state index contributed by atoms with van der Waals surface area (Å²) in [5.41, 5.74) is 1.28. The van der Waals surface area contributed by atoms with E-state index in [1.165, 1.54) is 5.56 Å². The Morgan fingerprint density at radius 2 is 2.50 bits per heavy atom. The lowest BCUT2D eigenvalue weighted by atomic mass is 10.3. The highest BCUT2D eigenvalue weighted by atomic mass is 127. The van der Waals surface area contributed by atoms with Crippen LogP contribution in [0, 0.1) is 6.92 Å². The first-order chi connectivity index (χ1) is 4.83. The van der Waals surface area contributed by atoms with E-state index in [1.54, 1.807) is 11.8 Å². The van der Waals surface area contributed by atoms with Crippen LogP contribution in [0.4, 0.5) is 0 Å². The molecule has 0 saturated heterocycles. The number of alkyl halides is 1. The number of thioether (sulfide) groups is 1. The van der Waals surface area contributed by atoms with Gasteiger partial charge in [0.2, 0.25) is 0 Å². The van der Waals surface area contributed by atoms with E-state index in [2.05, 4.69) is 40.6 Å². The first-order valence-electron chi connectivity index (χ1n) is 2.94. The van der Waals surface area contributed by atoms with Crippen molar-refractivity contribution in [3.63, 3.8) is 0 Å². The number of nitrogens with zero attached hydrogens (tertiary/aromatic N) is 1. The van der Waals surface area contributed by atoms with Crippen LogP contribution in [0.25, 0.3) is 0 Å². The van der Waals surface area contributed by atoms with Crippen LogP contribution in [0.1, 0.15) is 5.56 Å². The van der Waals surface area contributed by atoms with E-state index in [0.717, 1.165) is 8.79 Å². The predicted octanol–water partition coefficient (Wildman–Crippen LogP) is 2.87. The standard InChI is InChI=1S/C7H8INS/c1-6-2-3-9-7(4-6)10-5-8/h2-4H,5H2,1H3. The maximum atomic E-state index is 4.19. The lowest BCUT2D eigenvalue weighted by molar-refractivity contribution is 1.12. The van der Waals surface area contributed by atoms with Gasteiger partial charge < -0.3 is 0 Å². The molecule has 1 rings (SSSR count). The Labute approximate surface area is 78.8 Å². The van der Waals surface area contributed by atoms with Gasteiger partial charge in [-0.3, -0.25) is 0 Å². The second-order valence-corrected chi connectivity index (χ2v) is 4.72. The van der Waals surface area contributed by atoms with Gasteiger partial charge in [0.1, 0.15) is 0 Å². The van der Waals surface area contributed by atoms with Crippen molar-refractivity contribution in [3.8, 4) is 0 Å². The third kappa shape index (κ3) is 2.46. The Bertz CT molecular complexity index is 215. The first kappa shape index (κ1) is 8.33. The van der Waals surface area contributed by atoms with E-state index in [-0.39, 0.29) is 0 Å². The Hall–Kier alpha value is 0.230. The van der Waals surface area contributed by atoms with E-state index in [9.17, 15) is 0 Å². The molecular formula is C7H8INS. The molecule has 0 radical (unpaired) electrons. The number of aromatic nitrogens is 1. The quantitative estimate of drug-likeness (QED) is 0.463. The van der Waals surface area contributed by atoms with Crippen LogP contribution < -0.4 is 0 Å². The van der Waals surface area contributed by atoms with Crippen molar-refractivity contribution in [3.05, 3.63) is 23.9 Å². The average Bonchev–Trinajstić information content (AvgIpc) is 1.88. The minimum atomic E-state index is 1.06. The Morgan fingerprint density at radius 3 is 3.10 bits per heavy atom. The highest BCUT2D eigenvalue weighted by Crippen LogP contribution is 2.17. The monoisotopic (exact) mass is 265 g/mol. The van der Waals surface area contributed by atoms with Crippen LogP contribution in [-0.4, -0.2) is 8.74 Å². The van der Waals surface area contributed by atoms with Gasteiger partial charge in [-0.25, -0.2) is 4.98 Å². The van der Waals surface area contributed by atoms with Crippen LogP contribution in [-0.2, 0) is 0 Å². The van der Waals surface area contributed by atoms with E-state index < -0.39 is 0 Å². The Kier molecular flexibility index (Phi) is 3.48. The SMILES string of the molecule is Cc1ccnc(SCI)c1. The van der Waals surface area contributed by atoms with Gasteiger partial charge in [-0.15, -0.1) is 0 Å². The summed E-state index contributed by atoms with van der Waals surface area (Å²) >= 11 is 4.09. The van der Waals surface area contributed by atoms with Gasteiger partial charge in [0.15, 0.2) is 0 Å². The Morgan fingerprint density at radius 1 is 1.70 bits per heavy atom. The van der Waals surface area contributed by atoms with Gasteiger partial charge in [0.25, 0.3) is 0 Å². The molecule has 1 heterocycles. The molecule has 1 aromatic rings.